The average molecular weight is 581 g/mol. The van der Waals surface area contributed by atoms with Gasteiger partial charge in [0.25, 0.3) is 0 Å². The van der Waals surface area contributed by atoms with Crippen molar-refractivity contribution in [2.24, 2.45) is 11.7 Å². The van der Waals surface area contributed by atoms with Crippen molar-refractivity contribution in [1.82, 2.24) is 26.6 Å². The molecule has 0 aromatic rings. The van der Waals surface area contributed by atoms with Gasteiger partial charge in [-0.1, -0.05) is 39.5 Å². The Hall–Kier alpha value is -1.43. The first-order chi connectivity index (χ1) is 19.1. The highest BCUT2D eigenvalue weighted by Crippen LogP contribution is 2.34. The van der Waals surface area contributed by atoms with E-state index >= 15 is 0 Å². The largest absolute Gasteiger partial charge is 0.366 e. The molecule has 8 N–H and O–H groups in total. The number of aliphatic hydroxyl groups is 1. The first-order valence-electron chi connectivity index (χ1n) is 16.0. The molecule has 2 aliphatic rings. The third-order valence-corrected chi connectivity index (χ3v) is 8.97. The van der Waals surface area contributed by atoms with E-state index in [-0.39, 0.29) is 29.1 Å². The van der Waals surface area contributed by atoms with Crippen LogP contribution in [0.15, 0.2) is 0 Å². The van der Waals surface area contributed by atoms with Gasteiger partial charge in [-0.05, 0) is 85.6 Å². The van der Waals surface area contributed by atoms with Crippen molar-refractivity contribution in [3.63, 3.8) is 0 Å². The minimum absolute atomic E-state index is 0.0243. The second-order valence-corrected chi connectivity index (χ2v) is 13.9. The number of nitrogens with two attached hydrogens (primary N) is 1. The lowest BCUT2D eigenvalue weighted by molar-refractivity contribution is -0.133. The third-order valence-electron chi connectivity index (χ3n) is 8.97. The van der Waals surface area contributed by atoms with E-state index in [4.69, 9.17) is 5.73 Å². The van der Waals surface area contributed by atoms with E-state index in [0.29, 0.717) is 51.1 Å². The van der Waals surface area contributed by atoms with Crippen LogP contribution in [0.2, 0.25) is 0 Å². The second kappa shape index (κ2) is 15.9. The molecule has 10 heteroatoms. The molecule has 41 heavy (non-hydrogen) atoms. The molecule has 0 radical (unpaired) electrons. The predicted octanol–water partition coefficient (Wildman–Crippen LogP) is 2.23. The first kappa shape index (κ1) is 35.8. The number of hydrogen-bond donors (Lipinski definition) is 7. The van der Waals surface area contributed by atoms with Gasteiger partial charge < -0.3 is 21.1 Å². The minimum atomic E-state index is -1.13. The quantitative estimate of drug-likeness (QED) is 0.0954. The molecule has 2 saturated carbocycles. The van der Waals surface area contributed by atoms with Crippen LogP contribution in [0.1, 0.15) is 119 Å². The molecule has 0 saturated heterocycles. The monoisotopic (exact) mass is 580 g/mol. The van der Waals surface area contributed by atoms with Gasteiger partial charge in [0.05, 0.1) is 23.2 Å². The smallest absolute Gasteiger partial charge is 0.237 e. The summed E-state index contributed by atoms with van der Waals surface area (Å²) in [6.45, 7) is 15.4. The molecule has 1 amide bonds. The van der Waals surface area contributed by atoms with Crippen molar-refractivity contribution in [3.8, 4) is 0 Å². The van der Waals surface area contributed by atoms with Crippen molar-refractivity contribution in [1.29, 1.82) is 0 Å². The summed E-state index contributed by atoms with van der Waals surface area (Å²) in [6, 6.07) is -1.15. The summed E-state index contributed by atoms with van der Waals surface area (Å²) < 4.78 is 0. The molecule has 0 aromatic heterocycles. The molecular formula is C31H60N6O4. The Kier molecular flexibility index (Phi) is 13.8. The lowest BCUT2D eigenvalue weighted by atomic mass is 9.84. The molecule has 2 rings (SSSR count). The molecule has 0 aliphatic heterocycles. The molecule has 238 valence electrons. The lowest BCUT2D eigenvalue weighted by Gasteiger charge is -2.37. The Labute approximate surface area is 248 Å². The molecule has 2 fully saturated rings. The Balaban J connectivity index is 2.16. The standard InChI is InChI=1S/C31H60N6O4/c1-21(2)22(3)36-31(17-10-11-18-31)26(39)24(13-12-19-33-28(32)41)35-27(40)23(4)37-30(15-8-9-16-30)25(38)14-20-34-29(5,6)7/h21-24,28,33-34,36-37,41H,8-20,32H2,1-7H3,(H,35,40)/t22?,23-,24-,28?/m0/s1. The summed E-state index contributed by atoms with van der Waals surface area (Å²) >= 11 is 0. The van der Waals surface area contributed by atoms with Crippen molar-refractivity contribution >= 4 is 17.5 Å². The zero-order valence-electron chi connectivity index (χ0n) is 26.8. The Morgan fingerprint density at radius 1 is 0.878 bits per heavy atom. The van der Waals surface area contributed by atoms with E-state index in [9.17, 15) is 19.5 Å². The normalized spacial score (nSPS) is 21.4. The van der Waals surface area contributed by atoms with Gasteiger partial charge in [-0.2, -0.15) is 0 Å². The number of rotatable bonds is 18. The fourth-order valence-electron chi connectivity index (χ4n) is 6.25. The topological polar surface area (TPSA) is 158 Å². The number of hydrogen-bond acceptors (Lipinski definition) is 9. The molecular weight excluding hydrogens is 520 g/mol. The average Bonchev–Trinajstić information content (AvgIpc) is 3.55. The van der Waals surface area contributed by atoms with Gasteiger partial charge in [-0.25, -0.2) is 0 Å². The molecule has 10 nitrogen and oxygen atoms in total. The van der Waals surface area contributed by atoms with E-state index in [1.807, 2.05) is 0 Å². The van der Waals surface area contributed by atoms with Crippen molar-refractivity contribution in [2.75, 3.05) is 13.1 Å². The van der Waals surface area contributed by atoms with Gasteiger partial charge in [-0.3, -0.25) is 30.8 Å². The summed E-state index contributed by atoms with van der Waals surface area (Å²) in [6.07, 6.45) is 7.04. The Bertz CT molecular complexity index is 844. The summed E-state index contributed by atoms with van der Waals surface area (Å²) in [5.41, 5.74) is 3.97. The Morgan fingerprint density at radius 3 is 1.95 bits per heavy atom. The van der Waals surface area contributed by atoms with Gasteiger partial charge in [0.15, 0.2) is 17.9 Å². The van der Waals surface area contributed by atoms with E-state index < -0.39 is 29.5 Å². The van der Waals surface area contributed by atoms with Gasteiger partial charge in [0, 0.05) is 24.5 Å². The zero-order valence-corrected chi connectivity index (χ0v) is 26.8. The fraction of sp³-hybridized carbons (Fsp3) is 0.903. The predicted molar refractivity (Wildman–Crippen MR) is 164 cm³/mol. The van der Waals surface area contributed by atoms with Crippen LogP contribution in [0.25, 0.3) is 0 Å². The first-order valence-corrected chi connectivity index (χ1v) is 16.0. The molecule has 2 unspecified atom stereocenters. The molecule has 4 atom stereocenters. The zero-order chi connectivity index (χ0) is 30.8. The molecule has 0 heterocycles. The van der Waals surface area contributed by atoms with Crippen LogP contribution in [-0.4, -0.2) is 76.8 Å². The maximum Gasteiger partial charge on any atom is 0.237 e. The van der Waals surface area contributed by atoms with Crippen molar-refractivity contribution < 1.29 is 19.5 Å². The lowest BCUT2D eigenvalue weighted by Crippen LogP contribution is -2.63. The van der Waals surface area contributed by atoms with Crippen LogP contribution >= 0.6 is 0 Å². The molecule has 0 spiro atoms. The number of carbonyl (C=O) groups excluding carboxylic acids is 3. The van der Waals surface area contributed by atoms with Crippen LogP contribution in [0.3, 0.4) is 0 Å². The van der Waals surface area contributed by atoms with Crippen LogP contribution in [0.4, 0.5) is 0 Å². The maximum atomic E-state index is 14.2. The summed E-state index contributed by atoms with van der Waals surface area (Å²) in [5.74, 6) is 0.261. The van der Waals surface area contributed by atoms with Crippen LogP contribution in [0, 0.1) is 5.92 Å². The molecule has 2 aliphatic carbocycles. The summed E-state index contributed by atoms with van der Waals surface area (Å²) in [4.78, 5) is 41.2. The van der Waals surface area contributed by atoms with Gasteiger partial charge in [0.1, 0.15) is 0 Å². The number of ketones is 2. The number of aliphatic hydroxyl groups excluding tert-OH is 1. The van der Waals surface area contributed by atoms with Gasteiger partial charge in [0.2, 0.25) is 5.91 Å². The summed E-state index contributed by atoms with van der Waals surface area (Å²) in [7, 11) is 0. The highest BCUT2D eigenvalue weighted by atomic mass is 16.3. The van der Waals surface area contributed by atoms with E-state index in [0.717, 1.165) is 38.5 Å². The second-order valence-electron chi connectivity index (χ2n) is 13.9. The van der Waals surface area contributed by atoms with Gasteiger partial charge in [-0.15, -0.1) is 0 Å². The molecule has 0 aromatic carbocycles. The highest BCUT2D eigenvalue weighted by molar-refractivity contribution is 5.97. The maximum absolute atomic E-state index is 14.2. The highest BCUT2D eigenvalue weighted by Gasteiger charge is 2.46. The Morgan fingerprint density at radius 2 is 1.44 bits per heavy atom. The minimum Gasteiger partial charge on any atom is -0.366 e. The van der Waals surface area contributed by atoms with E-state index in [2.05, 4.69) is 68.1 Å². The number of amides is 1. The van der Waals surface area contributed by atoms with Crippen molar-refractivity contribution in [3.05, 3.63) is 0 Å². The van der Waals surface area contributed by atoms with Crippen LogP contribution in [0.5, 0.6) is 0 Å². The van der Waals surface area contributed by atoms with Gasteiger partial charge >= 0.3 is 0 Å². The molecule has 0 bridgehead atoms. The van der Waals surface area contributed by atoms with Crippen LogP contribution < -0.4 is 32.3 Å². The summed E-state index contributed by atoms with van der Waals surface area (Å²) in [5, 5.41) is 25.7. The fourth-order valence-corrected chi connectivity index (χ4v) is 6.25. The van der Waals surface area contributed by atoms with E-state index in [1.54, 1.807) is 6.92 Å². The SMILES string of the molecule is CC(C)C(C)NC1(C(=O)[C@H](CCCNC(N)O)NC(=O)[C@H](C)NC2(C(=O)CCNC(C)(C)C)CCCC2)CCCC1. The number of Topliss-reactive ketones (excluding diaryl/α,β-unsaturated/α-hetero) is 2. The van der Waals surface area contributed by atoms with E-state index in [1.165, 1.54) is 0 Å². The third kappa shape index (κ3) is 11.0. The van der Waals surface area contributed by atoms with Crippen LogP contribution in [-0.2, 0) is 14.4 Å². The number of nitrogens with one attached hydrogen (secondary N) is 5. The van der Waals surface area contributed by atoms with Crippen molar-refractivity contribution in [2.45, 2.75) is 160 Å². The number of carbonyl (C=O) groups is 3.